The van der Waals surface area contributed by atoms with Gasteiger partial charge in [-0.1, -0.05) is 30.3 Å². The quantitative estimate of drug-likeness (QED) is 0.667. The minimum absolute atomic E-state index is 0.224. The topological polar surface area (TPSA) is 41.6 Å². The van der Waals surface area contributed by atoms with Crippen LogP contribution in [0.4, 0.5) is 0 Å². The predicted octanol–water partition coefficient (Wildman–Crippen LogP) is 2.06. The molecule has 1 aromatic carbocycles. The average Bonchev–Trinajstić information content (AvgIpc) is 2.66. The first-order valence-corrected chi connectivity index (χ1v) is 6.56. The molecule has 0 aromatic heterocycles. The summed E-state index contributed by atoms with van der Waals surface area (Å²) in [7, 11) is 1.99. The average molecular weight is 260 g/mol. The molecule has 1 aromatic rings. The van der Waals surface area contributed by atoms with E-state index in [1.807, 2.05) is 25.2 Å². The van der Waals surface area contributed by atoms with Crippen LogP contribution in [0.15, 0.2) is 42.2 Å². The van der Waals surface area contributed by atoms with Gasteiger partial charge in [0.15, 0.2) is 0 Å². The number of esters is 1. The molecule has 4 nitrogen and oxygen atoms in total. The van der Waals surface area contributed by atoms with Crippen LogP contribution in [0.3, 0.4) is 0 Å². The van der Waals surface area contributed by atoms with E-state index in [4.69, 9.17) is 4.74 Å². The lowest BCUT2D eigenvalue weighted by Gasteiger charge is -2.23. The molecule has 4 heteroatoms. The molecule has 0 amide bonds. The van der Waals surface area contributed by atoms with Gasteiger partial charge in [0, 0.05) is 13.1 Å². The summed E-state index contributed by atoms with van der Waals surface area (Å²) in [5.41, 5.74) is 1.23. The highest BCUT2D eigenvalue weighted by Gasteiger charge is 2.32. The Morgan fingerprint density at radius 3 is 2.74 bits per heavy atom. The van der Waals surface area contributed by atoms with Gasteiger partial charge in [-0.3, -0.25) is 0 Å². The molecule has 1 N–H and O–H groups in total. The summed E-state index contributed by atoms with van der Waals surface area (Å²) in [6, 6.07) is 10.7. The molecule has 1 saturated heterocycles. The lowest BCUT2D eigenvalue weighted by Crippen LogP contribution is -2.23. The molecular weight excluding hydrogens is 240 g/mol. The SMILES string of the molecule is CCOC(=O)/C=C1/NC(C)C(c2ccccc2)N1C. The maximum absolute atomic E-state index is 11.5. The number of hydrogen-bond acceptors (Lipinski definition) is 4. The first-order valence-electron chi connectivity index (χ1n) is 6.56. The number of carbonyl (C=O) groups is 1. The van der Waals surface area contributed by atoms with E-state index in [0.29, 0.717) is 6.61 Å². The van der Waals surface area contributed by atoms with Gasteiger partial charge in [-0.25, -0.2) is 4.79 Å². The van der Waals surface area contributed by atoms with Crippen LogP contribution in [-0.2, 0) is 9.53 Å². The van der Waals surface area contributed by atoms with Crippen molar-refractivity contribution in [3.8, 4) is 0 Å². The van der Waals surface area contributed by atoms with E-state index in [2.05, 4.69) is 29.3 Å². The van der Waals surface area contributed by atoms with Gasteiger partial charge < -0.3 is 15.0 Å². The van der Waals surface area contributed by atoms with E-state index in [-0.39, 0.29) is 18.1 Å². The molecule has 2 unspecified atom stereocenters. The second-order valence-electron chi connectivity index (χ2n) is 4.68. The highest BCUT2D eigenvalue weighted by Crippen LogP contribution is 2.31. The molecule has 2 atom stereocenters. The van der Waals surface area contributed by atoms with Gasteiger partial charge in [0.2, 0.25) is 0 Å². The predicted molar refractivity (Wildman–Crippen MR) is 74.3 cm³/mol. The van der Waals surface area contributed by atoms with Crippen molar-refractivity contribution >= 4 is 5.97 Å². The van der Waals surface area contributed by atoms with E-state index in [1.54, 1.807) is 6.92 Å². The number of nitrogens with zero attached hydrogens (tertiary/aromatic N) is 1. The monoisotopic (exact) mass is 260 g/mol. The molecule has 1 aliphatic heterocycles. The van der Waals surface area contributed by atoms with Crippen molar-refractivity contribution in [1.29, 1.82) is 0 Å². The van der Waals surface area contributed by atoms with Crippen LogP contribution in [-0.4, -0.2) is 30.6 Å². The molecule has 19 heavy (non-hydrogen) atoms. The molecule has 0 saturated carbocycles. The van der Waals surface area contributed by atoms with Crippen molar-refractivity contribution in [3.05, 3.63) is 47.8 Å². The zero-order valence-corrected chi connectivity index (χ0v) is 11.6. The van der Waals surface area contributed by atoms with Crippen molar-refractivity contribution in [3.63, 3.8) is 0 Å². The lowest BCUT2D eigenvalue weighted by molar-refractivity contribution is -0.137. The summed E-state index contributed by atoms with van der Waals surface area (Å²) in [6.45, 7) is 4.31. The lowest BCUT2D eigenvalue weighted by atomic mass is 10.0. The number of hydrogen-bond donors (Lipinski definition) is 1. The number of benzene rings is 1. The number of rotatable bonds is 3. The molecule has 1 fully saturated rings. The van der Waals surface area contributed by atoms with Crippen molar-refractivity contribution in [2.45, 2.75) is 25.9 Å². The van der Waals surface area contributed by atoms with Crippen molar-refractivity contribution < 1.29 is 9.53 Å². The highest BCUT2D eigenvalue weighted by atomic mass is 16.5. The molecule has 0 aliphatic carbocycles. The van der Waals surface area contributed by atoms with E-state index in [1.165, 1.54) is 11.6 Å². The summed E-state index contributed by atoms with van der Waals surface area (Å²) in [5, 5.41) is 3.33. The summed E-state index contributed by atoms with van der Waals surface area (Å²) in [5.74, 6) is 0.498. The third kappa shape index (κ3) is 2.89. The van der Waals surface area contributed by atoms with Crippen LogP contribution in [0.25, 0.3) is 0 Å². The second-order valence-corrected chi connectivity index (χ2v) is 4.68. The maximum atomic E-state index is 11.5. The zero-order valence-electron chi connectivity index (χ0n) is 11.6. The van der Waals surface area contributed by atoms with Crippen LogP contribution in [0, 0.1) is 0 Å². The maximum Gasteiger partial charge on any atom is 0.334 e. The Morgan fingerprint density at radius 1 is 1.42 bits per heavy atom. The Bertz CT molecular complexity index is 470. The van der Waals surface area contributed by atoms with Crippen LogP contribution < -0.4 is 5.32 Å². The Hall–Kier alpha value is -1.97. The Labute approximate surface area is 114 Å². The summed E-state index contributed by atoms with van der Waals surface area (Å²) < 4.78 is 4.95. The molecule has 102 valence electrons. The highest BCUT2D eigenvalue weighted by molar-refractivity contribution is 5.82. The third-order valence-electron chi connectivity index (χ3n) is 3.33. The summed E-state index contributed by atoms with van der Waals surface area (Å²) in [6.07, 6.45) is 1.52. The third-order valence-corrected chi connectivity index (χ3v) is 3.33. The summed E-state index contributed by atoms with van der Waals surface area (Å²) in [4.78, 5) is 13.6. The molecule has 1 aliphatic rings. The molecule has 0 radical (unpaired) electrons. The van der Waals surface area contributed by atoms with E-state index in [0.717, 1.165) is 5.82 Å². The van der Waals surface area contributed by atoms with E-state index < -0.39 is 0 Å². The van der Waals surface area contributed by atoms with Gasteiger partial charge in [0.1, 0.15) is 5.82 Å². The van der Waals surface area contributed by atoms with Crippen LogP contribution in [0.5, 0.6) is 0 Å². The van der Waals surface area contributed by atoms with Gasteiger partial charge in [-0.05, 0) is 19.4 Å². The van der Waals surface area contributed by atoms with Gasteiger partial charge in [0.25, 0.3) is 0 Å². The molecule has 2 rings (SSSR count). The van der Waals surface area contributed by atoms with Crippen LogP contribution in [0.1, 0.15) is 25.5 Å². The fraction of sp³-hybridized carbons (Fsp3) is 0.400. The number of carbonyl (C=O) groups excluding carboxylic acids is 1. The minimum atomic E-state index is -0.308. The van der Waals surface area contributed by atoms with Gasteiger partial charge in [-0.2, -0.15) is 0 Å². The molecular formula is C15H20N2O2. The molecule has 0 spiro atoms. The van der Waals surface area contributed by atoms with E-state index >= 15 is 0 Å². The Kier molecular flexibility index (Phi) is 4.10. The second kappa shape index (κ2) is 5.78. The van der Waals surface area contributed by atoms with Crippen molar-refractivity contribution in [1.82, 2.24) is 10.2 Å². The molecule has 0 bridgehead atoms. The standard InChI is InChI=1S/C15H20N2O2/c1-4-19-14(18)10-13-16-11(2)15(17(13)3)12-8-6-5-7-9-12/h5-11,15-16H,4H2,1-3H3/b13-10-. The van der Waals surface area contributed by atoms with Gasteiger partial charge >= 0.3 is 5.97 Å². The fourth-order valence-corrected chi connectivity index (χ4v) is 2.50. The largest absolute Gasteiger partial charge is 0.463 e. The summed E-state index contributed by atoms with van der Waals surface area (Å²) >= 11 is 0. The van der Waals surface area contributed by atoms with Crippen LogP contribution in [0.2, 0.25) is 0 Å². The van der Waals surface area contributed by atoms with Gasteiger partial charge in [-0.15, -0.1) is 0 Å². The Morgan fingerprint density at radius 2 is 2.11 bits per heavy atom. The molecule has 1 heterocycles. The number of likely N-dealkylation sites (N-methyl/N-ethyl adjacent to an activating group) is 1. The minimum Gasteiger partial charge on any atom is -0.463 e. The number of ether oxygens (including phenoxy) is 1. The van der Waals surface area contributed by atoms with Gasteiger partial charge in [0.05, 0.1) is 18.7 Å². The first kappa shape index (κ1) is 13.5. The first-order chi connectivity index (χ1) is 9.13. The number of nitrogens with one attached hydrogen (secondary N) is 1. The van der Waals surface area contributed by atoms with Crippen molar-refractivity contribution in [2.24, 2.45) is 0 Å². The Balaban J connectivity index is 2.19. The fourth-order valence-electron chi connectivity index (χ4n) is 2.50. The van der Waals surface area contributed by atoms with E-state index in [9.17, 15) is 4.79 Å². The zero-order chi connectivity index (χ0) is 13.8. The van der Waals surface area contributed by atoms with Crippen LogP contribution >= 0.6 is 0 Å². The van der Waals surface area contributed by atoms with Crippen molar-refractivity contribution in [2.75, 3.05) is 13.7 Å². The smallest absolute Gasteiger partial charge is 0.334 e. The normalized spacial score (nSPS) is 24.4.